The first-order chi connectivity index (χ1) is 8.91. The first kappa shape index (κ1) is 18.2. The molecule has 0 unspecified atom stereocenters. The summed E-state index contributed by atoms with van der Waals surface area (Å²) in [6, 6.07) is 0. The number of aliphatic hydroxyl groups excluding tert-OH is 1. The van der Waals surface area contributed by atoms with Crippen LogP contribution in [0.1, 0.15) is 51.4 Å². The van der Waals surface area contributed by atoms with Crippen LogP contribution < -0.4 is 0 Å². The van der Waals surface area contributed by atoms with Crippen LogP contribution in [-0.2, 0) is 9.47 Å². The molecule has 0 heterocycles. The summed E-state index contributed by atoms with van der Waals surface area (Å²) in [4.78, 5) is 0. The van der Waals surface area contributed by atoms with Crippen LogP contribution in [0.3, 0.4) is 0 Å². The van der Waals surface area contributed by atoms with E-state index in [1.165, 1.54) is 44.9 Å². The van der Waals surface area contributed by atoms with Gasteiger partial charge in [-0.1, -0.05) is 38.5 Å². The van der Waals surface area contributed by atoms with Gasteiger partial charge in [-0.05, 0) is 18.6 Å². The molecule has 0 spiro atoms. The number of hydrogen-bond acceptors (Lipinski definition) is 4. The number of rotatable bonds is 15. The summed E-state index contributed by atoms with van der Waals surface area (Å²) < 4.78 is 10.5. The average molecular weight is 278 g/mol. The standard InChI is InChI=1S/C14H30O3S/c15-9-11-17-13-12-16-10-7-5-3-1-2-4-6-8-14-18/h15,18H,1-14H2. The number of thiol groups is 1. The highest BCUT2D eigenvalue weighted by Gasteiger charge is 1.93. The van der Waals surface area contributed by atoms with Crippen LogP contribution in [0, 0.1) is 0 Å². The fraction of sp³-hybridized carbons (Fsp3) is 1.00. The van der Waals surface area contributed by atoms with Gasteiger partial charge in [0.1, 0.15) is 0 Å². The Kier molecular flexibility index (Phi) is 17.5. The summed E-state index contributed by atoms with van der Waals surface area (Å²) in [5.74, 6) is 1.03. The highest BCUT2D eigenvalue weighted by molar-refractivity contribution is 7.80. The minimum absolute atomic E-state index is 0.0913. The van der Waals surface area contributed by atoms with Gasteiger partial charge in [0.15, 0.2) is 0 Å². The van der Waals surface area contributed by atoms with E-state index in [1.807, 2.05) is 0 Å². The lowest BCUT2D eigenvalue weighted by Gasteiger charge is -2.05. The fourth-order valence-electron chi connectivity index (χ4n) is 1.76. The van der Waals surface area contributed by atoms with Crippen molar-refractivity contribution in [3.8, 4) is 0 Å². The van der Waals surface area contributed by atoms with Crippen molar-refractivity contribution in [2.75, 3.05) is 38.8 Å². The third kappa shape index (κ3) is 16.2. The molecule has 0 aliphatic rings. The number of unbranched alkanes of at least 4 members (excludes halogenated alkanes) is 7. The van der Waals surface area contributed by atoms with Crippen LogP contribution in [0.2, 0.25) is 0 Å². The van der Waals surface area contributed by atoms with Crippen molar-refractivity contribution in [1.29, 1.82) is 0 Å². The second kappa shape index (κ2) is 17.2. The smallest absolute Gasteiger partial charge is 0.0701 e. The molecule has 3 nitrogen and oxygen atoms in total. The lowest BCUT2D eigenvalue weighted by molar-refractivity contribution is 0.0321. The average Bonchev–Trinajstić information content (AvgIpc) is 2.39. The number of aliphatic hydroxyl groups is 1. The van der Waals surface area contributed by atoms with E-state index in [2.05, 4.69) is 12.6 Å². The Bertz CT molecular complexity index is 129. The van der Waals surface area contributed by atoms with Crippen molar-refractivity contribution in [3.05, 3.63) is 0 Å². The van der Waals surface area contributed by atoms with Crippen molar-refractivity contribution in [2.24, 2.45) is 0 Å². The quantitative estimate of drug-likeness (QED) is 0.357. The van der Waals surface area contributed by atoms with Crippen LogP contribution >= 0.6 is 12.6 Å². The summed E-state index contributed by atoms with van der Waals surface area (Å²) in [7, 11) is 0. The van der Waals surface area contributed by atoms with Gasteiger partial charge in [0, 0.05) is 6.61 Å². The van der Waals surface area contributed by atoms with Gasteiger partial charge in [0.2, 0.25) is 0 Å². The molecule has 1 N–H and O–H groups in total. The molecule has 0 fully saturated rings. The van der Waals surface area contributed by atoms with Gasteiger partial charge >= 0.3 is 0 Å². The van der Waals surface area contributed by atoms with Gasteiger partial charge in [-0.25, -0.2) is 0 Å². The van der Waals surface area contributed by atoms with Crippen molar-refractivity contribution in [2.45, 2.75) is 51.4 Å². The van der Waals surface area contributed by atoms with Gasteiger partial charge in [-0.15, -0.1) is 0 Å². The number of ether oxygens (including phenoxy) is 2. The zero-order chi connectivity index (χ0) is 13.3. The van der Waals surface area contributed by atoms with Gasteiger partial charge in [0.05, 0.1) is 26.4 Å². The molecule has 0 saturated carbocycles. The third-order valence-corrected chi connectivity index (χ3v) is 3.12. The van der Waals surface area contributed by atoms with Gasteiger partial charge in [0.25, 0.3) is 0 Å². The van der Waals surface area contributed by atoms with Crippen LogP contribution in [0.15, 0.2) is 0 Å². The zero-order valence-electron chi connectivity index (χ0n) is 11.6. The van der Waals surface area contributed by atoms with Crippen molar-refractivity contribution >= 4 is 12.6 Å². The summed E-state index contributed by atoms with van der Waals surface area (Å²) in [5, 5.41) is 8.49. The maximum atomic E-state index is 8.49. The molecule has 0 radical (unpaired) electrons. The second-order valence-electron chi connectivity index (χ2n) is 4.50. The summed E-state index contributed by atoms with van der Waals surface area (Å²) >= 11 is 4.20. The Hall–Kier alpha value is 0.230. The molecular formula is C14H30O3S. The summed E-state index contributed by atoms with van der Waals surface area (Å²) in [6.07, 6.45) is 10.4. The minimum atomic E-state index is 0.0913. The van der Waals surface area contributed by atoms with Crippen molar-refractivity contribution in [3.63, 3.8) is 0 Å². The summed E-state index contributed by atoms with van der Waals surface area (Å²) in [6.45, 7) is 2.57. The van der Waals surface area contributed by atoms with Gasteiger partial charge in [-0.2, -0.15) is 12.6 Å². The SMILES string of the molecule is OCCOCCOCCCCCCCCCCS. The lowest BCUT2D eigenvalue weighted by Crippen LogP contribution is -2.07. The molecule has 110 valence electrons. The van der Waals surface area contributed by atoms with E-state index in [0.29, 0.717) is 19.8 Å². The highest BCUT2D eigenvalue weighted by Crippen LogP contribution is 2.08. The van der Waals surface area contributed by atoms with Crippen LogP contribution in [-0.4, -0.2) is 43.9 Å². The second-order valence-corrected chi connectivity index (χ2v) is 4.95. The molecule has 0 aromatic carbocycles. The van der Waals surface area contributed by atoms with E-state index < -0.39 is 0 Å². The Balaban J connectivity index is 2.86. The fourth-order valence-corrected chi connectivity index (χ4v) is 1.99. The molecule has 0 aliphatic carbocycles. The predicted octanol–water partition coefficient (Wildman–Crippen LogP) is 3.06. The zero-order valence-corrected chi connectivity index (χ0v) is 12.5. The molecule has 4 heteroatoms. The van der Waals surface area contributed by atoms with Crippen LogP contribution in [0.25, 0.3) is 0 Å². The van der Waals surface area contributed by atoms with E-state index in [1.54, 1.807) is 0 Å². The van der Waals surface area contributed by atoms with E-state index in [9.17, 15) is 0 Å². The molecule has 0 aromatic heterocycles. The predicted molar refractivity (Wildman–Crippen MR) is 79.5 cm³/mol. The Morgan fingerprint density at radius 3 is 1.67 bits per heavy atom. The first-order valence-corrected chi connectivity index (χ1v) is 7.92. The van der Waals surface area contributed by atoms with E-state index >= 15 is 0 Å². The van der Waals surface area contributed by atoms with Crippen molar-refractivity contribution in [1.82, 2.24) is 0 Å². The monoisotopic (exact) mass is 278 g/mol. The van der Waals surface area contributed by atoms with E-state index in [0.717, 1.165) is 18.8 Å². The molecule has 0 aliphatic heterocycles. The largest absolute Gasteiger partial charge is 0.394 e. The maximum Gasteiger partial charge on any atom is 0.0701 e. The molecule has 0 atom stereocenters. The van der Waals surface area contributed by atoms with E-state index in [4.69, 9.17) is 14.6 Å². The molecule has 0 rings (SSSR count). The topological polar surface area (TPSA) is 38.7 Å². The molecule has 0 aromatic rings. The van der Waals surface area contributed by atoms with Gasteiger partial charge in [-0.3, -0.25) is 0 Å². The van der Waals surface area contributed by atoms with Gasteiger partial charge < -0.3 is 14.6 Å². The van der Waals surface area contributed by atoms with Crippen LogP contribution in [0.4, 0.5) is 0 Å². The Morgan fingerprint density at radius 1 is 0.611 bits per heavy atom. The van der Waals surface area contributed by atoms with Crippen molar-refractivity contribution < 1.29 is 14.6 Å². The minimum Gasteiger partial charge on any atom is -0.394 e. The first-order valence-electron chi connectivity index (χ1n) is 7.29. The normalized spacial score (nSPS) is 11.0. The molecule has 0 saturated heterocycles. The molecular weight excluding hydrogens is 248 g/mol. The third-order valence-electron chi connectivity index (χ3n) is 2.80. The maximum absolute atomic E-state index is 8.49. The molecule has 0 bridgehead atoms. The lowest BCUT2D eigenvalue weighted by atomic mass is 10.1. The summed E-state index contributed by atoms with van der Waals surface area (Å²) in [5.41, 5.74) is 0. The Morgan fingerprint density at radius 2 is 1.11 bits per heavy atom. The Labute approximate surface area is 118 Å². The number of hydrogen-bond donors (Lipinski definition) is 2. The molecule has 18 heavy (non-hydrogen) atoms. The highest BCUT2D eigenvalue weighted by atomic mass is 32.1. The molecule has 0 amide bonds. The van der Waals surface area contributed by atoms with Crippen LogP contribution in [0.5, 0.6) is 0 Å². The van der Waals surface area contributed by atoms with E-state index in [-0.39, 0.29) is 6.61 Å².